The maximum absolute atomic E-state index is 4.28. The quantitative estimate of drug-likeness (QED) is 0.483. The predicted octanol–water partition coefficient (Wildman–Crippen LogP) is 2.38. The predicted molar refractivity (Wildman–Crippen MR) is 70.3 cm³/mol. The summed E-state index contributed by atoms with van der Waals surface area (Å²) in [7, 11) is 0. The smallest absolute Gasteiger partial charge is 0.183 e. The number of aromatic nitrogens is 3. The van der Waals surface area contributed by atoms with Gasteiger partial charge in [-0.25, -0.2) is 4.98 Å². The van der Waals surface area contributed by atoms with E-state index in [1.165, 1.54) is 6.33 Å². The van der Waals surface area contributed by atoms with Crippen LogP contribution in [0.25, 0.3) is 0 Å². The van der Waals surface area contributed by atoms with E-state index in [0.717, 1.165) is 22.3 Å². The average molecular weight is 247 g/mol. The minimum Gasteiger partial charge on any atom is -0.279 e. The number of thioether (sulfide) groups is 1. The van der Waals surface area contributed by atoms with Crippen LogP contribution in [0.1, 0.15) is 6.92 Å². The van der Waals surface area contributed by atoms with Gasteiger partial charge in [0.15, 0.2) is 5.16 Å². The number of rotatable bonds is 5. The fraction of sp³-hybridized carbons (Fsp3) is 0.182. The molecule has 2 rings (SSSR count). The van der Waals surface area contributed by atoms with E-state index in [-0.39, 0.29) is 0 Å². The van der Waals surface area contributed by atoms with Crippen LogP contribution in [0.2, 0.25) is 0 Å². The van der Waals surface area contributed by atoms with E-state index in [4.69, 9.17) is 0 Å². The Bertz CT molecular complexity index is 466. The van der Waals surface area contributed by atoms with Gasteiger partial charge in [0.25, 0.3) is 0 Å². The molecule has 0 atom stereocenters. The Balaban J connectivity index is 1.81. The van der Waals surface area contributed by atoms with E-state index in [2.05, 4.69) is 25.7 Å². The number of benzene rings is 1. The zero-order valence-electron chi connectivity index (χ0n) is 9.42. The highest BCUT2D eigenvalue weighted by atomic mass is 32.2. The first-order chi connectivity index (χ1) is 8.34. The number of para-hydroxylation sites is 1. The Kier molecular flexibility index (Phi) is 4.15. The van der Waals surface area contributed by atoms with Gasteiger partial charge in [-0.1, -0.05) is 30.0 Å². The summed E-state index contributed by atoms with van der Waals surface area (Å²) in [5.74, 6) is 0.773. The molecule has 2 aromatic rings. The van der Waals surface area contributed by atoms with Crippen LogP contribution in [-0.4, -0.2) is 26.6 Å². The number of nitrogens with zero attached hydrogens (tertiary/aromatic N) is 3. The third-order valence-corrected chi connectivity index (χ3v) is 2.99. The van der Waals surface area contributed by atoms with Crippen LogP contribution < -0.4 is 5.43 Å². The summed E-state index contributed by atoms with van der Waals surface area (Å²) in [6.07, 6.45) is 1.50. The lowest BCUT2D eigenvalue weighted by Gasteiger charge is -2.01. The molecule has 1 aromatic heterocycles. The van der Waals surface area contributed by atoms with Gasteiger partial charge in [-0.2, -0.15) is 10.2 Å². The van der Waals surface area contributed by atoms with Crippen LogP contribution >= 0.6 is 11.8 Å². The van der Waals surface area contributed by atoms with Gasteiger partial charge in [-0.15, -0.1) is 0 Å². The molecule has 1 heterocycles. The standard InChI is InChI=1S/C11H13N5S/c1-9(7-17-11-12-8-13-16-11)14-15-10-5-3-2-4-6-10/h2-6,8,15H,7H2,1H3,(H,12,13,16)/b14-9+. The van der Waals surface area contributed by atoms with Crippen molar-refractivity contribution in [1.82, 2.24) is 15.2 Å². The van der Waals surface area contributed by atoms with Crippen LogP contribution in [0, 0.1) is 0 Å². The highest BCUT2D eigenvalue weighted by Crippen LogP contribution is 2.11. The lowest BCUT2D eigenvalue weighted by atomic mass is 10.3. The molecular formula is C11H13N5S. The van der Waals surface area contributed by atoms with Gasteiger partial charge in [0, 0.05) is 11.5 Å². The van der Waals surface area contributed by atoms with E-state index in [1.54, 1.807) is 11.8 Å². The maximum Gasteiger partial charge on any atom is 0.183 e. The van der Waals surface area contributed by atoms with E-state index in [9.17, 15) is 0 Å². The lowest BCUT2D eigenvalue weighted by molar-refractivity contribution is 0.975. The SMILES string of the molecule is C/C(CSc1ncn[nH]1)=N\Nc1ccccc1. The number of aromatic amines is 1. The highest BCUT2D eigenvalue weighted by Gasteiger charge is 1.98. The molecule has 0 spiro atoms. The van der Waals surface area contributed by atoms with Gasteiger partial charge in [0.05, 0.1) is 5.69 Å². The van der Waals surface area contributed by atoms with Crippen LogP contribution in [0.15, 0.2) is 46.9 Å². The van der Waals surface area contributed by atoms with Crippen molar-refractivity contribution in [3.63, 3.8) is 0 Å². The van der Waals surface area contributed by atoms with Crippen LogP contribution in [0.4, 0.5) is 5.69 Å². The molecule has 0 saturated carbocycles. The van der Waals surface area contributed by atoms with Crippen molar-refractivity contribution in [2.75, 3.05) is 11.2 Å². The van der Waals surface area contributed by atoms with E-state index >= 15 is 0 Å². The number of H-pyrrole nitrogens is 1. The second-order valence-electron chi connectivity index (χ2n) is 3.40. The van der Waals surface area contributed by atoms with E-state index < -0.39 is 0 Å². The molecule has 0 bridgehead atoms. The summed E-state index contributed by atoms with van der Waals surface area (Å²) in [5, 5.41) is 11.7. The number of hydrazone groups is 1. The number of hydrogen-bond donors (Lipinski definition) is 2. The Morgan fingerprint density at radius 2 is 2.24 bits per heavy atom. The molecule has 0 fully saturated rings. The Hall–Kier alpha value is -1.82. The molecule has 6 heteroatoms. The van der Waals surface area contributed by atoms with Crippen molar-refractivity contribution in [3.8, 4) is 0 Å². The molecule has 0 amide bonds. The summed E-state index contributed by atoms with van der Waals surface area (Å²) in [6, 6.07) is 9.86. The average Bonchev–Trinajstić information content (AvgIpc) is 2.88. The second-order valence-corrected chi connectivity index (χ2v) is 4.37. The molecule has 1 aromatic carbocycles. The summed E-state index contributed by atoms with van der Waals surface area (Å²) in [6.45, 7) is 1.97. The van der Waals surface area contributed by atoms with Gasteiger partial charge in [0.2, 0.25) is 0 Å². The molecule has 0 aliphatic heterocycles. The molecule has 17 heavy (non-hydrogen) atoms. The normalized spacial score (nSPS) is 11.5. The first-order valence-electron chi connectivity index (χ1n) is 5.17. The molecule has 0 aliphatic carbocycles. The van der Waals surface area contributed by atoms with Crippen LogP contribution in [-0.2, 0) is 0 Å². The largest absolute Gasteiger partial charge is 0.279 e. The topological polar surface area (TPSA) is 66.0 Å². The van der Waals surface area contributed by atoms with Crippen molar-refractivity contribution in [1.29, 1.82) is 0 Å². The first kappa shape index (κ1) is 11.7. The van der Waals surface area contributed by atoms with Gasteiger partial charge in [-0.3, -0.25) is 10.5 Å². The van der Waals surface area contributed by atoms with Crippen molar-refractivity contribution in [2.24, 2.45) is 5.10 Å². The van der Waals surface area contributed by atoms with Gasteiger partial charge >= 0.3 is 0 Å². The monoisotopic (exact) mass is 247 g/mol. The molecule has 88 valence electrons. The molecule has 0 radical (unpaired) electrons. The van der Waals surface area contributed by atoms with Gasteiger partial charge in [-0.05, 0) is 19.1 Å². The summed E-state index contributed by atoms with van der Waals surface area (Å²) in [4.78, 5) is 4.03. The minimum absolute atomic E-state index is 0.773. The molecule has 2 N–H and O–H groups in total. The zero-order valence-corrected chi connectivity index (χ0v) is 10.2. The molecule has 0 aliphatic rings. The summed E-state index contributed by atoms with van der Waals surface area (Å²) >= 11 is 1.57. The molecular weight excluding hydrogens is 234 g/mol. The number of anilines is 1. The first-order valence-corrected chi connectivity index (χ1v) is 6.15. The third-order valence-electron chi connectivity index (χ3n) is 1.96. The Morgan fingerprint density at radius 3 is 2.94 bits per heavy atom. The summed E-state index contributed by atoms with van der Waals surface area (Å²) < 4.78 is 0. The van der Waals surface area contributed by atoms with E-state index in [0.29, 0.717) is 0 Å². The van der Waals surface area contributed by atoms with Crippen molar-refractivity contribution in [2.45, 2.75) is 12.1 Å². The fourth-order valence-corrected chi connectivity index (χ4v) is 1.79. The number of hydrogen-bond acceptors (Lipinski definition) is 5. The Labute approximate surface area is 104 Å². The maximum atomic E-state index is 4.28. The van der Waals surface area contributed by atoms with Crippen molar-refractivity contribution < 1.29 is 0 Å². The molecule has 0 saturated heterocycles. The van der Waals surface area contributed by atoms with E-state index in [1.807, 2.05) is 37.3 Å². The minimum atomic E-state index is 0.773. The Morgan fingerprint density at radius 1 is 1.41 bits per heavy atom. The fourth-order valence-electron chi connectivity index (χ4n) is 1.14. The molecule has 0 unspecified atom stereocenters. The van der Waals surface area contributed by atoms with Crippen molar-refractivity contribution in [3.05, 3.63) is 36.7 Å². The third kappa shape index (κ3) is 3.92. The van der Waals surface area contributed by atoms with Gasteiger partial charge in [0.1, 0.15) is 6.33 Å². The number of nitrogens with one attached hydrogen (secondary N) is 2. The van der Waals surface area contributed by atoms with Crippen molar-refractivity contribution >= 4 is 23.2 Å². The van der Waals surface area contributed by atoms with Crippen LogP contribution in [0.3, 0.4) is 0 Å². The highest BCUT2D eigenvalue weighted by molar-refractivity contribution is 7.99. The molecule has 5 nitrogen and oxygen atoms in total. The summed E-state index contributed by atoms with van der Waals surface area (Å²) in [5.41, 5.74) is 4.98. The lowest BCUT2D eigenvalue weighted by Crippen LogP contribution is -2.00. The zero-order chi connectivity index (χ0) is 11.9. The van der Waals surface area contributed by atoms with Crippen LogP contribution in [0.5, 0.6) is 0 Å². The van der Waals surface area contributed by atoms with Gasteiger partial charge < -0.3 is 0 Å². The second kappa shape index (κ2) is 6.05.